The van der Waals surface area contributed by atoms with Crippen LogP contribution in [0.15, 0.2) is 61.1 Å². The second-order valence-corrected chi connectivity index (χ2v) is 9.57. The molecule has 9 nitrogen and oxygen atoms in total. The van der Waals surface area contributed by atoms with Crippen LogP contribution in [0.2, 0.25) is 0 Å². The van der Waals surface area contributed by atoms with Gasteiger partial charge >= 0.3 is 6.09 Å². The van der Waals surface area contributed by atoms with Crippen molar-refractivity contribution in [3.8, 4) is 11.1 Å². The van der Waals surface area contributed by atoms with E-state index in [9.17, 15) is 9.59 Å². The first-order valence-corrected chi connectivity index (χ1v) is 11.8. The molecule has 1 aromatic carbocycles. The molecule has 9 heteroatoms. The number of nitrogens with one attached hydrogen (secondary N) is 1. The normalized spacial score (nSPS) is 11.0. The van der Waals surface area contributed by atoms with Gasteiger partial charge < -0.3 is 19.9 Å². The molecule has 190 valence electrons. The first-order valence-electron chi connectivity index (χ1n) is 11.8. The third-order valence-corrected chi connectivity index (χ3v) is 5.30. The van der Waals surface area contributed by atoms with E-state index in [-0.39, 0.29) is 12.5 Å². The maximum Gasteiger partial charge on any atom is 0.408 e. The third kappa shape index (κ3) is 8.33. The van der Waals surface area contributed by atoms with E-state index in [1.807, 2.05) is 54.4 Å². The minimum Gasteiger partial charge on any atom is -0.444 e. The molecule has 2 heterocycles. The van der Waals surface area contributed by atoms with Crippen molar-refractivity contribution in [2.45, 2.75) is 39.3 Å². The fraction of sp³-hybridized carbons (Fsp3) is 0.370. The minimum absolute atomic E-state index is 0.131. The Hall–Kier alpha value is -4.01. The zero-order valence-electron chi connectivity index (χ0n) is 21.6. The predicted octanol–water partition coefficient (Wildman–Crippen LogP) is 3.70. The van der Waals surface area contributed by atoms with Crippen molar-refractivity contribution in [3.05, 3.63) is 72.3 Å². The van der Waals surface area contributed by atoms with Gasteiger partial charge in [0, 0.05) is 63.5 Å². The summed E-state index contributed by atoms with van der Waals surface area (Å²) in [7, 11) is 3.66. The van der Waals surface area contributed by atoms with Crippen LogP contribution in [-0.2, 0) is 22.5 Å². The van der Waals surface area contributed by atoms with Crippen LogP contribution in [0.4, 0.5) is 10.7 Å². The molecule has 0 unspecified atom stereocenters. The highest BCUT2D eigenvalue weighted by atomic mass is 16.6. The van der Waals surface area contributed by atoms with Crippen LogP contribution in [0.1, 0.15) is 32.0 Å². The summed E-state index contributed by atoms with van der Waals surface area (Å²) < 4.78 is 5.17. The van der Waals surface area contributed by atoms with Gasteiger partial charge in [0.15, 0.2) is 0 Å². The Balaban J connectivity index is 1.55. The number of pyridine rings is 1. The van der Waals surface area contributed by atoms with E-state index in [0.717, 1.165) is 35.3 Å². The lowest BCUT2D eigenvalue weighted by atomic mass is 10.1. The maximum atomic E-state index is 12.4. The van der Waals surface area contributed by atoms with Crippen LogP contribution in [0, 0.1) is 0 Å². The first kappa shape index (κ1) is 26.6. The van der Waals surface area contributed by atoms with Gasteiger partial charge in [-0.1, -0.05) is 24.3 Å². The Bertz CT molecular complexity index is 1150. The first-order chi connectivity index (χ1) is 17.1. The fourth-order valence-electron chi connectivity index (χ4n) is 3.40. The van der Waals surface area contributed by atoms with Crippen LogP contribution in [0.3, 0.4) is 0 Å². The van der Waals surface area contributed by atoms with Gasteiger partial charge in [0.05, 0.1) is 0 Å². The number of carbonyl (C=O) groups excluding carboxylic acids is 2. The van der Waals surface area contributed by atoms with Crippen molar-refractivity contribution in [2.24, 2.45) is 0 Å². The molecule has 0 atom stereocenters. The monoisotopic (exact) mass is 490 g/mol. The van der Waals surface area contributed by atoms with Gasteiger partial charge in [0.1, 0.15) is 12.1 Å². The lowest BCUT2D eigenvalue weighted by Gasteiger charge is -2.21. The summed E-state index contributed by atoms with van der Waals surface area (Å²) >= 11 is 0. The van der Waals surface area contributed by atoms with Gasteiger partial charge in [-0.15, -0.1) is 0 Å². The highest BCUT2D eigenvalue weighted by Crippen LogP contribution is 2.21. The second kappa shape index (κ2) is 12.1. The number of aromatic nitrogens is 3. The quantitative estimate of drug-likeness (QED) is 0.488. The van der Waals surface area contributed by atoms with Gasteiger partial charge in [0.25, 0.3) is 0 Å². The Morgan fingerprint density at radius 2 is 1.72 bits per heavy atom. The molecule has 2 aromatic heterocycles. The van der Waals surface area contributed by atoms with Crippen molar-refractivity contribution in [2.75, 3.05) is 32.1 Å². The highest BCUT2D eigenvalue weighted by molar-refractivity contribution is 5.82. The van der Waals surface area contributed by atoms with Gasteiger partial charge in [-0.2, -0.15) is 0 Å². The largest absolute Gasteiger partial charge is 0.444 e. The van der Waals surface area contributed by atoms with Gasteiger partial charge in [-0.25, -0.2) is 14.8 Å². The van der Waals surface area contributed by atoms with E-state index in [0.29, 0.717) is 12.5 Å². The molecule has 0 saturated carbocycles. The Kier molecular flexibility index (Phi) is 8.94. The molecular weight excluding hydrogens is 456 g/mol. The van der Waals surface area contributed by atoms with E-state index in [4.69, 9.17) is 4.74 Å². The van der Waals surface area contributed by atoms with Crippen LogP contribution in [0.5, 0.6) is 0 Å². The van der Waals surface area contributed by atoms with Crippen molar-refractivity contribution >= 4 is 17.9 Å². The zero-order valence-corrected chi connectivity index (χ0v) is 21.6. The summed E-state index contributed by atoms with van der Waals surface area (Å²) in [4.78, 5) is 41.2. The van der Waals surface area contributed by atoms with E-state index in [2.05, 4.69) is 20.3 Å². The molecule has 3 rings (SSSR count). The average molecular weight is 491 g/mol. The number of alkyl carbamates (subject to hydrolysis) is 1. The summed E-state index contributed by atoms with van der Waals surface area (Å²) in [5.41, 5.74) is 3.22. The topological polar surface area (TPSA) is 101 Å². The molecule has 36 heavy (non-hydrogen) atoms. The van der Waals surface area contributed by atoms with Crippen molar-refractivity contribution < 1.29 is 14.3 Å². The summed E-state index contributed by atoms with van der Waals surface area (Å²) in [6.45, 7) is 6.34. The molecule has 0 aliphatic carbocycles. The third-order valence-electron chi connectivity index (χ3n) is 5.30. The van der Waals surface area contributed by atoms with Gasteiger partial charge in [-0.05, 0) is 50.1 Å². The number of nitrogens with zero attached hydrogens (tertiary/aromatic N) is 5. The zero-order chi connectivity index (χ0) is 26.1. The van der Waals surface area contributed by atoms with E-state index < -0.39 is 11.7 Å². The number of amides is 2. The summed E-state index contributed by atoms with van der Waals surface area (Å²) in [6.07, 6.45) is 5.60. The maximum absolute atomic E-state index is 12.4. The van der Waals surface area contributed by atoms with Crippen LogP contribution < -0.4 is 10.2 Å². The molecule has 0 fully saturated rings. The molecule has 0 radical (unpaired) electrons. The van der Waals surface area contributed by atoms with E-state index in [1.165, 1.54) is 0 Å². The predicted molar refractivity (Wildman–Crippen MR) is 139 cm³/mol. The highest BCUT2D eigenvalue weighted by Gasteiger charge is 2.18. The molecule has 0 spiro atoms. The number of anilines is 1. The number of hydrogen-bond donors (Lipinski definition) is 1. The van der Waals surface area contributed by atoms with Crippen molar-refractivity contribution in [1.82, 2.24) is 25.2 Å². The van der Waals surface area contributed by atoms with Crippen LogP contribution in [0.25, 0.3) is 11.1 Å². The summed E-state index contributed by atoms with van der Waals surface area (Å²) in [5, 5.41) is 2.50. The standard InChI is InChI=1S/C27H34N6O3/c1-27(2,3)36-26(35)31-18-24(34)33(5)19-20-9-8-10-21(15-20)22-16-29-25(30-17-22)32(4)14-12-23-11-6-7-13-28-23/h6-11,13,15-17H,12,14,18-19H2,1-5H3,(H,31,35). The average Bonchev–Trinajstić information content (AvgIpc) is 2.85. The molecule has 3 aromatic rings. The van der Waals surface area contributed by atoms with Gasteiger partial charge in [-0.3, -0.25) is 9.78 Å². The van der Waals surface area contributed by atoms with Crippen LogP contribution in [-0.4, -0.2) is 64.6 Å². The smallest absolute Gasteiger partial charge is 0.408 e. The van der Waals surface area contributed by atoms with Gasteiger partial charge in [0.2, 0.25) is 11.9 Å². The number of ether oxygens (including phenoxy) is 1. The summed E-state index contributed by atoms with van der Waals surface area (Å²) in [5.74, 6) is 0.432. The number of hydrogen-bond acceptors (Lipinski definition) is 7. The minimum atomic E-state index is -0.615. The van der Waals surface area contributed by atoms with E-state index in [1.54, 1.807) is 51.3 Å². The SMILES string of the molecule is CN(Cc1cccc(-c2cnc(N(C)CCc3ccccn3)nc2)c1)C(=O)CNC(=O)OC(C)(C)C. The number of carbonyl (C=O) groups is 2. The Morgan fingerprint density at radius 1 is 0.972 bits per heavy atom. The number of likely N-dealkylation sites (N-methyl/N-ethyl adjacent to an activating group) is 2. The van der Waals surface area contributed by atoms with Crippen molar-refractivity contribution in [3.63, 3.8) is 0 Å². The fourth-order valence-corrected chi connectivity index (χ4v) is 3.40. The molecule has 0 saturated heterocycles. The second-order valence-electron chi connectivity index (χ2n) is 9.57. The molecule has 0 bridgehead atoms. The lowest BCUT2D eigenvalue weighted by molar-refractivity contribution is -0.129. The molecule has 2 amide bonds. The lowest BCUT2D eigenvalue weighted by Crippen LogP contribution is -2.40. The number of rotatable bonds is 9. The molecule has 0 aliphatic rings. The van der Waals surface area contributed by atoms with E-state index >= 15 is 0 Å². The van der Waals surface area contributed by atoms with Crippen LogP contribution >= 0.6 is 0 Å². The molecule has 0 aliphatic heterocycles. The van der Waals surface area contributed by atoms with Crippen molar-refractivity contribution in [1.29, 1.82) is 0 Å². The number of benzene rings is 1. The molecular formula is C27H34N6O3. The Morgan fingerprint density at radius 3 is 2.39 bits per heavy atom. The summed E-state index contributed by atoms with van der Waals surface area (Å²) in [6, 6.07) is 13.8. The molecule has 1 N–H and O–H groups in total. The Labute approximate surface area is 212 Å².